The Hall–Kier alpha value is -2.92. The van der Waals surface area contributed by atoms with Crippen LogP contribution >= 0.6 is 0 Å². The Morgan fingerprint density at radius 2 is 1.67 bits per heavy atom. The van der Waals surface area contributed by atoms with Crippen LogP contribution in [0.2, 0.25) is 0 Å². The highest BCUT2D eigenvalue weighted by Gasteiger charge is 2.42. The Morgan fingerprint density at radius 1 is 1.00 bits per heavy atom. The SMILES string of the molecule is C[NH+](C)CCN1C(=O)c2oc3ccccc3c(=O)c2[C@H]1c1ccc(C(C)(C)C)cc1. The van der Waals surface area contributed by atoms with Gasteiger partial charge in [0.05, 0.1) is 44.2 Å². The molecule has 1 N–H and O–H groups in total. The van der Waals surface area contributed by atoms with Gasteiger partial charge in [-0.1, -0.05) is 57.2 Å². The maximum Gasteiger partial charge on any atom is 0.291 e. The zero-order chi connectivity index (χ0) is 21.6. The number of quaternary nitrogens is 1. The van der Waals surface area contributed by atoms with Crippen LogP contribution in [-0.4, -0.2) is 38.0 Å². The van der Waals surface area contributed by atoms with Crippen molar-refractivity contribution in [1.29, 1.82) is 0 Å². The van der Waals surface area contributed by atoms with Gasteiger partial charge in [0.15, 0.2) is 5.43 Å². The maximum atomic E-state index is 13.4. The predicted octanol–water partition coefficient (Wildman–Crippen LogP) is 2.78. The van der Waals surface area contributed by atoms with E-state index < -0.39 is 6.04 Å². The van der Waals surface area contributed by atoms with Gasteiger partial charge in [-0.05, 0) is 28.7 Å². The number of carbonyl (C=O) groups is 1. The van der Waals surface area contributed by atoms with Gasteiger partial charge in [-0.25, -0.2) is 0 Å². The van der Waals surface area contributed by atoms with E-state index >= 15 is 0 Å². The fourth-order valence-electron chi connectivity index (χ4n) is 4.05. The van der Waals surface area contributed by atoms with Crippen molar-refractivity contribution in [1.82, 2.24) is 4.90 Å². The molecule has 1 aliphatic heterocycles. The molecule has 0 unspecified atom stereocenters. The quantitative estimate of drug-likeness (QED) is 0.726. The molecule has 4 rings (SSSR count). The average Bonchev–Trinajstić information content (AvgIpc) is 2.98. The van der Waals surface area contributed by atoms with E-state index in [1.165, 1.54) is 10.5 Å². The van der Waals surface area contributed by atoms with E-state index in [1.807, 2.05) is 24.3 Å². The first-order valence-corrected chi connectivity index (χ1v) is 10.4. The second-order valence-electron chi connectivity index (χ2n) is 9.40. The lowest BCUT2D eigenvalue weighted by atomic mass is 9.86. The summed E-state index contributed by atoms with van der Waals surface area (Å²) in [5.41, 5.74) is 2.97. The van der Waals surface area contributed by atoms with Crippen molar-refractivity contribution in [3.63, 3.8) is 0 Å². The molecule has 5 heteroatoms. The van der Waals surface area contributed by atoms with Crippen molar-refractivity contribution in [3.8, 4) is 0 Å². The molecule has 2 aromatic carbocycles. The molecule has 0 saturated heterocycles. The Bertz CT molecular complexity index is 1150. The number of amides is 1. The summed E-state index contributed by atoms with van der Waals surface area (Å²) in [5, 5.41) is 0.514. The largest absolute Gasteiger partial charge is 0.450 e. The van der Waals surface area contributed by atoms with E-state index in [1.54, 1.807) is 17.0 Å². The molecule has 0 radical (unpaired) electrons. The predicted molar refractivity (Wildman–Crippen MR) is 118 cm³/mol. The zero-order valence-electron chi connectivity index (χ0n) is 18.3. The van der Waals surface area contributed by atoms with Crippen LogP contribution < -0.4 is 10.3 Å². The standard InChI is InChI=1S/C25H28N2O3/c1-25(2,3)17-12-10-16(11-13-17)21-20-22(28)18-8-6-7-9-19(18)30-23(20)24(29)27(21)15-14-26(4)5/h6-13,21H,14-15H2,1-5H3/p+1/t21-/m1/s1. The van der Waals surface area contributed by atoms with Crippen LogP contribution in [0.4, 0.5) is 0 Å². The van der Waals surface area contributed by atoms with Crippen LogP contribution in [0.15, 0.2) is 57.7 Å². The fourth-order valence-corrected chi connectivity index (χ4v) is 4.05. The summed E-state index contributed by atoms with van der Waals surface area (Å²) in [6, 6.07) is 15.0. The number of likely N-dealkylation sites (N-methyl/N-ethyl adjacent to an activating group) is 1. The molecule has 156 valence electrons. The number of hydrogen-bond donors (Lipinski definition) is 1. The molecular weight excluding hydrogens is 376 g/mol. The summed E-state index contributed by atoms with van der Waals surface area (Å²) in [7, 11) is 4.11. The molecule has 0 spiro atoms. The van der Waals surface area contributed by atoms with Gasteiger partial charge < -0.3 is 14.2 Å². The number of nitrogens with one attached hydrogen (secondary N) is 1. The molecule has 30 heavy (non-hydrogen) atoms. The summed E-state index contributed by atoms with van der Waals surface area (Å²) in [4.78, 5) is 29.7. The summed E-state index contributed by atoms with van der Waals surface area (Å²) >= 11 is 0. The molecule has 1 aliphatic rings. The zero-order valence-corrected chi connectivity index (χ0v) is 18.3. The van der Waals surface area contributed by atoms with E-state index in [0.717, 1.165) is 12.1 Å². The topological polar surface area (TPSA) is 55.0 Å². The number of carbonyl (C=O) groups excluding carboxylic acids is 1. The molecule has 1 amide bonds. The highest BCUT2D eigenvalue weighted by atomic mass is 16.3. The average molecular weight is 406 g/mol. The Morgan fingerprint density at radius 3 is 2.30 bits per heavy atom. The third-order valence-corrected chi connectivity index (χ3v) is 5.82. The second-order valence-corrected chi connectivity index (χ2v) is 9.40. The van der Waals surface area contributed by atoms with Crippen molar-refractivity contribution < 1.29 is 14.1 Å². The number of rotatable bonds is 4. The molecule has 1 atom stereocenters. The second kappa shape index (κ2) is 7.40. The monoisotopic (exact) mass is 405 g/mol. The summed E-state index contributed by atoms with van der Waals surface area (Å²) < 4.78 is 5.97. The number of benzene rings is 2. The Kier molecular flexibility index (Phi) is 5.02. The van der Waals surface area contributed by atoms with Crippen LogP contribution in [0.25, 0.3) is 11.0 Å². The molecule has 0 bridgehead atoms. The minimum Gasteiger partial charge on any atom is -0.450 e. The van der Waals surface area contributed by atoms with E-state index in [9.17, 15) is 9.59 Å². The molecule has 0 fully saturated rings. The number of para-hydroxylation sites is 1. The number of nitrogens with zero attached hydrogens (tertiary/aromatic N) is 1. The summed E-state index contributed by atoms with van der Waals surface area (Å²) in [6.45, 7) is 7.84. The third kappa shape index (κ3) is 3.43. The highest BCUT2D eigenvalue weighted by Crippen LogP contribution is 2.38. The van der Waals surface area contributed by atoms with Crippen molar-refractivity contribution in [2.75, 3.05) is 27.2 Å². The van der Waals surface area contributed by atoms with Gasteiger partial charge in [0, 0.05) is 0 Å². The lowest BCUT2D eigenvalue weighted by molar-refractivity contribution is -0.857. The van der Waals surface area contributed by atoms with Gasteiger partial charge in [0.2, 0.25) is 5.76 Å². The van der Waals surface area contributed by atoms with Gasteiger partial charge in [0.25, 0.3) is 5.91 Å². The van der Waals surface area contributed by atoms with Crippen LogP contribution in [-0.2, 0) is 5.41 Å². The van der Waals surface area contributed by atoms with Crippen LogP contribution in [0.3, 0.4) is 0 Å². The number of hydrogen-bond acceptors (Lipinski definition) is 3. The van der Waals surface area contributed by atoms with Gasteiger partial charge in [-0.3, -0.25) is 9.59 Å². The molecule has 0 aliphatic carbocycles. The van der Waals surface area contributed by atoms with Crippen molar-refractivity contribution in [3.05, 3.63) is 81.2 Å². The van der Waals surface area contributed by atoms with Gasteiger partial charge in [-0.2, -0.15) is 0 Å². The lowest BCUT2D eigenvalue weighted by Gasteiger charge is -2.26. The maximum absolute atomic E-state index is 13.4. The minimum absolute atomic E-state index is 0.0329. The van der Waals surface area contributed by atoms with Crippen LogP contribution in [0, 0.1) is 0 Å². The molecule has 1 aromatic heterocycles. The smallest absolute Gasteiger partial charge is 0.291 e. The van der Waals surface area contributed by atoms with Crippen LogP contribution in [0.5, 0.6) is 0 Å². The Balaban J connectivity index is 1.89. The third-order valence-electron chi connectivity index (χ3n) is 5.82. The minimum atomic E-state index is -0.429. The number of fused-ring (bicyclic) bond motifs is 2. The van der Waals surface area contributed by atoms with Crippen LogP contribution in [0.1, 0.15) is 54.1 Å². The van der Waals surface area contributed by atoms with E-state index in [-0.39, 0.29) is 22.5 Å². The molecule has 0 saturated carbocycles. The first-order valence-electron chi connectivity index (χ1n) is 10.4. The van der Waals surface area contributed by atoms with Gasteiger partial charge in [0.1, 0.15) is 5.58 Å². The van der Waals surface area contributed by atoms with E-state index in [2.05, 4.69) is 47.0 Å². The Labute approximate surface area is 176 Å². The highest BCUT2D eigenvalue weighted by molar-refractivity contribution is 5.99. The molecular formula is C25H29N2O3+. The summed E-state index contributed by atoms with van der Waals surface area (Å²) in [6.07, 6.45) is 0. The molecule has 2 heterocycles. The van der Waals surface area contributed by atoms with Gasteiger partial charge in [-0.15, -0.1) is 0 Å². The van der Waals surface area contributed by atoms with Gasteiger partial charge >= 0.3 is 0 Å². The summed E-state index contributed by atoms with van der Waals surface area (Å²) in [5.74, 6) is -0.0312. The normalized spacial score (nSPS) is 16.5. The van der Waals surface area contributed by atoms with Crippen molar-refractivity contribution in [2.24, 2.45) is 0 Å². The first-order chi connectivity index (χ1) is 14.2. The molecule has 5 nitrogen and oxygen atoms in total. The van der Waals surface area contributed by atoms with E-state index in [0.29, 0.717) is 23.1 Å². The first kappa shape index (κ1) is 20.4. The van der Waals surface area contributed by atoms with E-state index in [4.69, 9.17) is 4.42 Å². The molecule has 3 aromatic rings. The van der Waals surface area contributed by atoms with Crippen molar-refractivity contribution in [2.45, 2.75) is 32.2 Å². The lowest BCUT2D eigenvalue weighted by Crippen LogP contribution is -3.06. The fraction of sp³-hybridized carbons (Fsp3) is 0.360. The van der Waals surface area contributed by atoms with Crippen molar-refractivity contribution >= 4 is 16.9 Å².